The summed E-state index contributed by atoms with van der Waals surface area (Å²) < 4.78 is 10.8. The van der Waals surface area contributed by atoms with Crippen LogP contribution in [-0.4, -0.2) is 24.3 Å². The van der Waals surface area contributed by atoms with E-state index in [2.05, 4.69) is 5.16 Å². The van der Waals surface area contributed by atoms with Gasteiger partial charge in [-0.3, -0.25) is 4.99 Å². The van der Waals surface area contributed by atoms with Crippen LogP contribution in [-0.2, 0) is 4.79 Å². The highest BCUT2D eigenvalue weighted by molar-refractivity contribution is 6.17. The molecule has 4 rings (SSSR count). The number of nitrogens with zero attached hydrogens (tertiary/aromatic N) is 2. The zero-order valence-corrected chi connectivity index (χ0v) is 16.6. The third kappa shape index (κ3) is 3.48. The van der Waals surface area contributed by atoms with E-state index >= 15 is 0 Å². The average molecular weight is 376 g/mol. The molecule has 144 valence electrons. The summed E-state index contributed by atoms with van der Waals surface area (Å²) in [5, 5.41) is 4.12. The minimum atomic E-state index is -0.395. The Morgan fingerprint density at radius 2 is 1.75 bits per heavy atom. The second-order valence-electron chi connectivity index (χ2n) is 6.18. The van der Waals surface area contributed by atoms with Gasteiger partial charge < -0.3 is 14.1 Å². The lowest BCUT2D eigenvalue weighted by atomic mass is 9.93. The molecule has 2 heterocycles. The summed E-state index contributed by atoms with van der Waals surface area (Å²) in [6.45, 7) is 5.91. The van der Waals surface area contributed by atoms with Crippen molar-refractivity contribution in [1.29, 1.82) is 0 Å². The number of aliphatic imine (C=N–C) groups is 1. The number of aldehydes is 1. The molecule has 0 spiro atoms. The van der Waals surface area contributed by atoms with Crippen molar-refractivity contribution in [2.45, 2.75) is 33.2 Å². The van der Waals surface area contributed by atoms with E-state index in [1.807, 2.05) is 69.3 Å². The minimum Gasteiger partial charge on any atom is -0.497 e. The molecule has 5 nitrogen and oxygen atoms in total. The molecule has 0 radical (unpaired) electrons. The van der Waals surface area contributed by atoms with Gasteiger partial charge >= 0.3 is 0 Å². The summed E-state index contributed by atoms with van der Waals surface area (Å²) in [6.07, 6.45) is 1.12. The van der Waals surface area contributed by atoms with Gasteiger partial charge in [0.25, 0.3) is 0 Å². The number of carbonyl (C=O) groups excluding carboxylic acids is 1. The number of fused-ring (bicyclic) bond motifs is 3. The van der Waals surface area contributed by atoms with E-state index in [0.29, 0.717) is 5.76 Å². The van der Waals surface area contributed by atoms with Crippen molar-refractivity contribution in [2.24, 2.45) is 4.99 Å². The van der Waals surface area contributed by atoms with Crippen molar-refractivity contribution in [3.05, 3.63) is 71.1 Å². The van der Waals surface area contributed by atoms with Crippen LogP contribution in [0.1, 0.15) is 48.9 Å². The van der Waals surface area contributed by atoms with Gasteiger partial charge in [-0.25, -0.2) is 0 Å². The summed E-state index contributed by atoms with van der Waals surface area (Å²) in [5.41, 5.74) is 5.54. The lowest BCUT2D eigenvalue weighted by molar-refractivity contribution is -0.108. The fourth-order valence-corrected chi connectivity index (χ4v) is 3.36. The first-order chi connectivity index (χ1) is 13.7. The van der Waals surface area contributed by atoms with Gasteiger partial charge in [0.2, 0.25) is 0 Å². The third-order valence-corrected chi connectivity index (χ3v) is 4.61. The number of rotatable bonds is 4. The van der Waals surface area contributed by atoms with Gasteiger partial charge in [-0.2, -0.15) is 0 Å². The molecule has 1 aromatic heterocycles. The lowest BCUT2D eigenvalue weighted by Gasteiger charge is -2.11. The Kier molecular flexibility index (Phi) is 6.04. The highest BCUT2D eigenvalue weighted by atomic mass is 16.5. The molecule has 0 aliphatic carbocycles. The van der Waals surface area contributed by atoms with Crippen LogP contribution >= 0.6 is 0 Å². The summed E-state index contributed by atoms with van der Waals surface area (Å²) in [5.74, 6) is 1.43. The first-order valence-electron chi connectivity index (χ1n) is 9.44. The number of hydrogen-bond acceptors (Lipinski definition) is 5. The molecule has 0 saturated heterocycles. The van der Waals surface area contributed by atoms with E-state index in [0.717, 1.165) is 45.7 Å². The van der Waals surface area contributed by atoms with Crippen LogP contribution < -0.4 is 4.74 Å². The molecular weight excluding hydrogens is 352 g/mol. The van der Waals surface area contributed by atoms with Crippen molar-refractivity contribution in [2.75, 3.05) is 7.11 Å². The predicted molar refractivity (Wildman–Crippen MR) is 110 cm³/mol. The smallest absolute Gasteiger partial charge is 0.169 e. The van der Waals surface area contributed by atoms with E-state index < -0.39 is 6.04 Å². The molecule has 28 heavy (non-hydrogen) atoms. The quantitative estimate of drug-likeness (QED) is 0.590. The topological polar surface area (TPSA) is 64.7 Å². The van der Waals surface area contributed by atoms with Crippen LogP contribution in [0.3, 0.4) is 0 Å². The van der Waals surface area contributed by atoms with Gasteiger partial charge in [-0.1, -0.05) is 43.3 Å². The Bertz CT molecular complexity index is 987. The molecule has 0 fully saturated rings. The van der Waals surface area contributed by atoms with Crippen LogP contribution in [0.2, 0.25) is 0 Å². The van der Waals surface area contributed by atoms with Gasteiger partial charge in [-0.15, -0.1) is 0 Å². The molecule has 5 heteroatoms. The van der Waals surface area contributed by atoms with Gasteiger partial charge in [0.1, 0.15) is 18.1 Å². The van der Waals surface area contributed by atoms with Crippen LogP contribution in [0.4, 0.5) is 0 Å². The molecule has 1 aliphatic heterocycles. The van der Waals surface area contributed by atoms with Crippen LogP contribution in [0.15, 0.2) is 58.0 Å². The normalized spacial score (nSPS) is 14.6. The van der Waals surface area contributed by atoms with Crippen molar-refractivity contribution in [1.82, 2.24) is 5.16 Å². The molecular formula is C23H24N2O3. The molecule has 0 N–H and O–H groups in total. The zero-order chi connectivity index (χ0) is 20.1. The second kappa shape index (κ2) is 8.65. The highest BCUT2D eigenvalue weighted by Gasteiger charge is 2.29. The number of benzene rings is 2. The maximum absolute atomic E-state index is 11.3. The summed E-state index contributed by atoms with van der Waals surface area (Å²) in [6, 6.07) is 15.4. The van der Waals surface area contributed by atoms with Gasteiger partial charge in [-0.05, 0) is 36.8 Å². The van der Waals surface area contributed by atoms with Crippen molar-refractivity contribution < 1.29 is 14.1 Å². The molecule has 1 aliphatic rings. The van der Waals surface area contributed by atoms with E-state index in [-0.39, 0.29) is 6.42 Å². The summed E-state index contributed by atoms with van der Waals surface area (Å²) in [4.78, 5) is 16.2. The van der Waals surface area contributed by atoms with Crippen LogP contribution in [0.5, 0.6) is 5.75 Å². The first-order valence-corrected chi connectivity index (χ1v) is 9.44. The molecule has 1 atom stereocenters. The fourth-order valence-electron chi connectivity index (χ4n) is 3.36. The maximum atomic E-state index is 11.3. The number of aryl methyl sites for hydroxylation is 1. The van der Waals surface area contributed by atoms with E-state index in [4.69, 9.17) is 14.3 Å². The van der Waals surface area contributed by atoms with Crippen molar-refractivity contribution >= 4 is 12.0 Å². The largest absolute Gasteiger partial charge is 0.497 e. The van der Waals surface area contributed by atoms with Gasteiger partial charge in [0, 0.05) is 17.5 Å². The SMILES string of the molecule is CC.COc1ccc(C2=N[C@@H](CC=O)c3onc(C)c3-c3ccccc32)cc1. The fraction of sp³-hybridized carbons (Fsp3) is 0.261. The molecule has 0 unspecified atom stereocenters. The number of ether oxygens (including phenoxy) is 1. The summed E-state index contributed by atoms with van der Waals surface area (Å²) >= 11 is 0. The Labute approximate surface area is 165 Å². The highest BCUT2D eigenvalue weighted by Crippen LogP contribution is 2.40. The standard InChI is InChI=1S/C21H18N2O3.C2H6/c1-13-19-16-5-3-4-6-17(16)20(14-7-9-15(25-2)10-8-14)22-18(11-12-24)21(19)26-23-13;1-2/h3-10,12,18H,11H2,1-2H3;1-2H3/t18-;/m0./s1. The van der Waals surface area contributed by atoms with E-state index in [9.17, 15) is 4.79 Å². The van der Waals surface area contributed by atoms with Crippen molar-refractivity contribution in [3.8, 4) is 16.9 Å². The number of carbonyl (C=O) groups is 1. The first kappa shape index (κ1) is 19.5. The zero-order valence-electron chi connectivity index (χ0n) is 16.6. The number of aromatic nitrogens is 1. The molecule has 0 amide bonds. The monoisotopic (exact) mass is 376 g/mol. The van der Waals surface area contributed by atoms with E-state index in [1.165, 1.54) is 0 Å². The molecule has 0 bridgehead atoms. The molecule has 3 aromatic rings. The average Bonchev–Trinajstić information content (AvgIpc) is 3.07. The lowest BCUT2D eigenvalue weighted by Crippen LogP contribution is -2.06. The minimum absolute atomic E-state index is 0.245. The molecule has 0 saturated carbocycles. The van der Waals surface area contributed by atoms with Crippen LogP contribution in [0.25, 0.3) is 11.1 Å². The molecule has 2 aromatic carbocycles. The Balaban J connectivity index is 0.00000109. The van der Waals surface area contributed by atoms with Crippen molar-refractivity contribution in [3.63, 3.8) is 0 Å². The second-order valence-corrected chi connectivity index (χ2v) is 6.18. The predicted octanol–water partition coefficient (Wildman–Crippen LogP) is 5.17. The third-order valence-electron chi connectivity index (χ3n) is 4.61. The Hall–Kier alpha value is -3.21. The van der Waals surface area contributed by atoms with Gasteiger partial charge in [0.05, 0.1) is 24.1 Å². The Morgan fingerprint density at radius 3 is 2.39 bits per heavy atom. The number of hydrogen-bond donors (Lipinski definition) is 0. The van der Waals surface area contributed by atoms with Gasteiger partial charge in [0.15, 0.2) is 5.76 Å². The van der Waals surface area contributed by atoms with E-state index in [1.54, 1.807) is 7.11 Å². The summed E-state index contributed by atoms with van der Waals surface area (Å²) in [7, 11) is 1.64. The van der Waals surface area contributed by atoms with Crippen LogP contribution in [0, 0.1) is 6.92 Å². The number of methoxy groups -OCH3 is 1. The maximum Gasteiger partial charge on any atom is 0.169 e. The Morgan fingerprint density at radius 1 is 1.07 bits per heavy atom.